The smallest absolute Gasteiger partial charge is 0.309 e. The molecule has 0 atom stereocenters. The second-order valence-electron chi connectivity index (χ2n) is 5.84. The summed E-state index contributed by atoms with van der Waals surface area (Å²) in [4.78, 5) is 10.7. The molecular formula is C14H17FO5S. The Balaban J connectivity index is 2.28. The van der Waals surface area contributed by atoms with Crippen molar-refractivity contribution in [2.75, 3.05) is 13.2 Å². The molecule has 1 aromatic carbocycles. The zero-order valence-corrected chi connectivity index (χ0v) is 12.6. The van der Waals surface area contributed by atoms with Crippen molar-refractivity contribution >= 4 is 15.8 Å². The van der Waals surface area contributed by atoms with E-state index in [0.29, 0.717) is 5.56 Å². The highest BCUT2D eigenvalue weighted by atomic mass is 32.2. The molecule has 1 N–H and O–H groups in total. The lowest BCUT2D eigenvalue weighted by molar-refractivity contribution is -0.146. The van der Waals surface area contributed by atoms with Gasteiger partial charge in [0.2, 0.25) is 0 Å². The first-order valence-corrected chi connectivity index (χ1v) is 8.03. The molecule has 1 aliphatic rings. The molecule has 0 radical (unpaired) electrons. The van der Waals surface area contributed by atoms with Crippen LogP contribution in [0.3, 0.4) is 0 Å². The first-order chi connectivity index (χ1) is 9.64. The molecule has 0 amide bonds. The number of hydrogen-bond acceptors (Lipinski definition) is 4. The third-order valence-corrected chi connectivity index (χ3v) is 5.67. The van der Waals surface area contributed by atoms with Crippen molar-refractivity contribution in [1.29, 1.82) is 0 Å². The van der Waals surface area contributed by atoms with E-state index < -0.39 is 32.3 Å². The van der Waals surface area contributed by atoms with E-state index in [2.05, 4.69) is 0 Å². The summed E-state index contributed by atoms with van der Waals surface area (Å²) in [6.45, 7) is 3.22. The SMILES string of the molecule is CC(C)(Cc1ccc(S(=O)(=O)C2COC2)c(F)c1)C(=O)O. The van der Waals surface area contributed by atoms with Crippen LogP contribution in [-0.2, 0) is 25.8 Å². The number of sulfone groups is 1. The molecule has 1 fully saturated rings. The lowest BCUT2D eigenvalue weighted by atomic mass is 9.86. The van der Waals surface area contributed by atoms with Crippen molar-refractivity contribution < 1.29 is 27.4 Å². The van der Waals surface area contributed by atoms with Crippen LogP contribution < -0.4 is 0 Å². The maximum Gasteiger partial charge on any atom is 0.309 e. The summed E-state index contributed by atoms with van der Waals surface area (Å²) in [6.07, 6.45) is 0.117. The number of carboxylic acid groups (broad SMARTS) is 1. The van der Waals surface area contributed by atoms with E-state index in [9.17, 15) is 17.6 Å². The minimum atomic E-state index is -3.73. The highest BCUT2D eigenvalue weighted by molar-refractivity contribution is 7.92. The van der Waals surface area contributed by atoms with E-state index in [1.165, 1.54) is 26.0 Å². The van der Waals surface area contributed by atoms with Gasteiger partial charge >= 0.3 is 5.97 Å². The Morgan fingerprint density at radius 2 is 2.05 bits per heavy atom. The van der Waals surface area contributed by atoms with Crippen molar-refractivity contribution in [3.63, 3.8) is 0 Å². The Morgan fingerprint density at radius 3 is 2.48 bits per heavy atom. The van der Waals surface area contributed by atoms with Gasteiger partial charge < -0.3 is 9.84 Å². The Kier molecular flexibility index (Phi) is 4.08. The quantitative estimate of drug-likeness (QED) is 0.893. The highest BCUT2D eigenvalue weighted by Gasteiger charge is 2.36. The molecule has 0 unspecified atom stereocenters. The Bertz CT molecular complexity index is 662. The van der Waals surface area contributed by atoms with Crippen LogP contribution in [0.15, 0.2) is 23.1 Å². The van der Waals surface area contributed by atoms with Gasteiger partial charge in [-0.05, 0) is 38.0 Å². The number of halogens is 1. The van der Waals surface area contributed by atoms with E-state index in [0.717, 1.165) is 6.07 Å². The molecular weight excluding hydrogens is 299 g/mol. The van der Waals surface area contributed by atoms with Gasteiger partial charge in [-0.1, -0.05) is 6.07 Å². The summed E-state index contributed by atoms with van der Waals surface area (Å²) in [5.74, 6) is -1.84. The Hall–Kier alpha value is -1.47. The van der Waals surface area contributed by atoms with Crippen LogP contribution in [0.2, 0.25) is 0 Å². The Labute approximate surface area is 122 Å². The third kappa shape index (κ3) is 3.08. The van der Waals surface area contributed by atoms with Gasteiger partial charge in [0.1, 0.15) is 16.0 Å². The summed E-state index contributed by atoms with van der Waals surface area (Å²) in [6, 6.07) is 3.76. The molecule has 21 heavy (non-hydrogen) atoms. The van der Waals surface area contributed by atoms with Crippen molar-refractivity contribution in [2.24, 2.45) is 5.41 Å². The predicted molar refractivity (Wildman–Crippen MR) is 73.3 cm³/mol. The number of rotatable bonds is 5. The average molecular weight is 316 g/mol. The molecule has 7 heteroatoms. The summed E-state index contributed by atoms with van der Waals surface area (Å²) in [5, 5.41) is 8.36. The first kappa shape index (κ1) is 15.9. The molecule has 1 aliphatic heterocycles. The standard InChI is InChI=1S/C14H17FO5S/c1-14(2,13(16)17)6-9-3-4-12(11(15)5-9)21(18,19)10-7-20-8-10/h3-5,10H,6-8H2,1-2H3,(H,16,17). The van der Waals surface area contributed by atoms with E-state index in [1.807, 2.05) is 0 Å². The van der Waals surface area contributed by atoms with Gasteiger partial charge in [0.25, 0.3) is 0 Å². The lowest BCUT2D eigenvalue weighted by Crippen LogP contribution is -2.41. The fraction of sp³-hybridized carbons (Fsp3) is 0.500. The van der Waals surface area contributed by atoms with Gasteiger partial charge in [-0.25, -0.2) is 12.8 Å². The van der Waals surface area contributed by atoms with Gasteiger partial charge in [0.15, 0.2) is 9.84 Å². The lowest BCUT2D eigenvalue weighted by Gasteiger charge is -2.26. The van der Waals surface area contributed by atoms with Crippen molar-refractivity contribution in [3.8, 4) is 0 Å². The second-order valence-corrected chi connectivity index (χ2v) is 8.03. The summed E-state index contributed by atoms with van der Waals surface area (Å²) < 4.78 is 43.2. The molecule has 116 valence electrons. The number of carboxylic acids is 1. The van der Waals surface area contributed by atoms with E-state index in [4.69, 9.17) is 9.84 Å². The topological polar surface area (TPSA) is 80.7 Å². The second kappa shape index (κ2) is 5.38. The van der Waals surface area contributed by atoms with Crippen LogP contribution >= 0.6 is 0 Å². The van der Waals surface area contributed by atoms with Crippen molar-refractivity contribution in [1.82, 2.24) is 0 Å². The number of aliphatic carboxylic acids is 1. The molecule has 5 nitrogen and oxygen atoms in total. The maximum absolute atomic E-state index is 14.1. The molecule has 1 aromatic rings. The van der Waals surface area contributed by atoms with Crippen molar-refractivity contribution in [3.05, 3.63) is 29.6 Å². The van der Waals surface area contributed by atoms with Gasteiger partial charge in [-0.15, -0.1) is 0 Å². The van der Waals surface area contributed by atoms with E-state index in [-0.39, 0.29) is 24.5 Å². The predicted octanol–water partition coefficient (Wildman–Crippen LogP) is 1.65. The fourth-order valence-corrected chi connectivity index (χ4v) is 3.54. The molecule has 0 aromatic heterocycles. The zero-order valence-electron chi connectivity index (χ0n) is 11.8. The van der Waals surface area contributed by atoms with E-state index >= 15 is 0 Å². The Morgan fingerprint density at radius 1 is 1.43 bits per heavy atom. The molecule has 0 saturated carbocycles. The van der Waals surface area contributed by atoms with Crippen LogP contribution in [0, 0.1) is 11.2 Å². The average Bonchev–Trinajstić information content (AvgIpc) is 2.24. The largest absolute Gasteiger partial charge is 0.481 e. The third-order valence-electron chi connectivity index (χ3n) is 3.57. The van der Waals surface area contributed by atoms with Gasteiger partial charge in [0, 0.05) is 0 Å². The van der Waals surface area contributed by atoms with Crippen molar-refractivity contribution in [2.45, 2.75) is 30.4 Å². The molecule has 2 rings (SSSR count). The first-order valence-electron chi connectivity index (χ1n) is 6.48. The molecule has 0 spiro atoms. The van der Waals surface area contributed by atoms with Gasteiger partial charge in [-0.2, -0.15) is 0 Å². The van der Waals surface area contributed by atoms with Crippen LogP contribution in [0.4, 0.5) is 4.39 Å². The normalized spacial score (nSPS) is 16.5. The summed E-state index contributed by atoms with van der Waals surface area (Å²) in [5.41, 5.74) is -0.599. The molecule has 0 bridgehead atoms. The van der Waals surface area contributed by atoms with Gasteiger partial charge in [-0.3, -0.25) is 4.79 Å². The van der Waals surface area contributed by atoms with Crippen LogP contribution in [0.25, 0.3) is 0 Å². The van der Waals surface area contributed by atoms with E-state index in [1.54, 1.807) is 0 Å². The van der Waals surface area contributed by atoms with Crippen LogP contribution in [0.1, 0.15) is 19.4 Å². The minimum absolute atomic E-state index is 0.0789. The fourth-order valence-electron chi connectivity index (χ4n) is 2.04. The molecule has 1 saturated heterocycles. The molecule has 0 aliphatic carbocycles. The monoisotopic (exact) mass is 316 g/mol. The maximum atomic E-state index is 14.1. The zero-order chi connectivity index (χ0) is 15.8. The summed E-state index contributed by atoms with van der Waals surface area (Å²) in [7, 11) is -3.73. The van der Waals surface area contributed by atoms with Crippen LogP contribution in [0.5, 0.6) is 0 Å². The number of benzene rings is 1. The summed E-state index contributed by atoms with van der Waals surface area (Å²) >= 11 is 0. The number of carbonyl (C=O) groups is 1. The van der Waals surface area contributed by atoms with Gasteiger partial charge in [0.05, 0.1) is 18.6 Å². The minimum Gasteiger partial charge on any atom is -0.481 e. The number of hydrogen-bond donors (Lipinski definition) is 1. The number of ether oxygens (including phenoxy) is 1. The highest BCUT2D eigenvalue weighted by Crippen LogP contribution is 2.27. The molecule has 1 heterocycles. The van der Waals surface area contributed by atoms with Crippen LogP contribution in [-0.4, -0.2) is 38.0 Å².